The minimum absolute atomic E-state index is 0.108. The van der Waals surface area contributed by atoms with E-state index in [4.69, 9.17) is 13.2 Å². The van der Waals surface area contributed by atoms with Gasteiger partial charge in [-0.15, -0.1) is 0 Å². The number of hydrogen-bond donors (Lipinski definition) is 0. The molecular formula is C33H30N2. The van der Waals surface area contributed by atoms with Gasteiger partial charge in [0, 0.05) is 36.4 Å². The Morgan fingerprint density at radius 2 is 1.37 bits per heavy atom. The second-order valence-corrected chi connectivity index (χ2v) is 10.1. The van der Waals surface area contributed by atoms with E-state index in [0.717, 1.165) is 10.9 Å². The van der Waals surface area contributed by atoms with Crippen LogP contribution in [0.15, 0.2) is 91.1 Å². The molecule has 172 valence electrons. The van der Waals surface area contributed by atoms with Crippen LogP contribution in [0.3, 0.4) is 0 Å². The number of nitrogens with zero attached hydrogens (tertiary/aromatic N) is 2. The Hall–Kier alpha value is -3.91. The van der Waals surface area contributed by atoms with Crippen molar-refractivity contribution in [1.29, 1.82) is 0 Å². The maximum atomic E-state index is 8.30. The Morgan fingerprint density at radius 3 is 2.03 bits per heavy atom. The number of aromatic nitrogens is 2. The van der Waals surface area contributed by atoms with Gasteiger partial charge in [0.05, 0.1) is 16.7 Å². The standard InChI is InChI=1S/C33H30N2/c1-21-10-8-14-27-28-15-9-11-22(2)32(28)35(31(21)27)25-16-17-34-30(20-25)24-18-23-12-6-7-13-26(23)29(19-24)33(3,4)5/h6-20H,1-5H3/i1D3,2D3. The Balaban J connectivity index is 1.70. The summed E-state index contributed by atoms with van der Waals surface area (Å²) in [6, 6.07) is 26.6. The van der Waals surface area contributed by atoms with Gasteiger partial charge < -0.3 is 4.57 Å². The lowest BCUT2D eigenvalue weighted by atomic mass is 9.82. The average molecular weight is 461 g/mol. The van der Waals surface area contributed by atoms with Crippen LogP contribution in [-0.4, -0.2) is 9.55 Å². The predicted molar refractivity (Wildman–Crippen MR) is 150 cm³/mol. The molecule has 0 aliphatic carbocycles. The molecule has 0 unspecified atom stereocenters. The summed E-state index contributed by atoms with van der Waals surface area (Å²) in [4.78, 5) is 4.72. The van der Waals surface area contributed by atoms with E-state index in [-0.39, 0.29) is 16.5 Å². The third-order valence-electron chi connectivity index (χ3n) is 6.78. The van der Waals surface area contributed by atoms with Crippen LogP contribution in [0.5, 0.6) is 0 Å². The third kappa shape index (κ3) is 3.44. The molecule has 0 spiro atoms. The minimum atomic E-state index is -2.40. The smallest absolute Gasteiger partial charge is 0.0723 e. The molecule has 0 aliphatic heterocycles. The fourth-order valence-electron chi connectivity index (χ4n) is 5.17. The molecule has 0 N–H and O–H groups in total. The number of rotatable bonds is 2. The Morgan fingerprint density at radius 1 is 0.714 bits per heavy atom. The molecule has 2 aromatic heterocycles. The van der Waals surface area contributed by atoms with Crippen molar-refractivity contribution in [1.82, 2.24) is 9.55 Å². The first kappa shape index (κ1) is 15.9. The van der Waals surface area contributed by atoms with Gasteiger partial charge in [-0.3, -0.25) is 4.98 Å². The van der Waals surface area contributed by atoms with Gasteiger partial charge in [-0.05, 0) is 70.8 Å². The lowest BCUT2D eigenvalue weighted by Crippen LogP contribution is -2.12. The van der Waals surface area contributed by atoms with Crippen LogP contribution in [0.4, 0.5) is 0 Å². The second-order valence-electron chi connectivity index (χ2n) is 10.1. The Labute approximate surface area is 215 Å². The SMILES string of the molecule is [2H]C([2H])([2H])c1cccc2c3cccc(C([2H])([2H])[2H])c3n(-c3ccnc(-c4cc(C(C)(C)C)c5ccccc5c4)c3)c12. The zero-order valence-corrected chi connectivity index (χ0v) is 20.1. The molecule has 0 bridgehead atoms. The fraction of sp³-hybridized carbons (Fsp3) is 0.182. The lowest BCUT2D eigenvalue weighted by molar-refractivity contribution is 0.596. The molecule has 0 atom stereocenters. The molecule has 6 aromatic rings. The molecular weight excluding hydrogens is 424 g/mol. The summed E-state index contributed by atoms with van der Waals surface area (Å²) in [5, 5.41) is 3.68. The van der Waals surface area contributed by atoms with E-state index in [2.05, 4.69) is 45.0 Å². The van der Waals surface area contributed by atoms with Crippen LogP contribution in [0, 0.1) is 13.7 Å². The van der Waals surface area contributed by atoms with Gasteiger partial charge in [0.25, 0.3) is 0 Å². The number of fused-ring (bicyclic) bond motifs is 4. The zero-order chi connectivity index (χ0) is 29.3. The van der Waals surface area contributed by atoms with Crippen LogP contribution in [-0.2, 0) is 5.41 Å². The van der Waals surface area contributed by atoms with Crippen molar-refractivity contribution in [3.8, 4) is 16.9 Å². The molecule has 2 heteroatoms. The van der Waals surface area contributed by atoms with Crippen LogP contribution < -0.4 is 0 Å². The van der Waals surface area contributed by atoms with Crippen molar-refractivity contribution in [2.75, 3.05) is 0 Å². The van der Waals surface area contributed by atoms with Crippen LogP contribution in [0.25, 0.3) is 49.5 Å². The van der Waals surface area contributed by atoms with Crippen molar-refractivity contribution < 1.29 is 8.22 Å². The van der Waals surface area contributed by atoms with Crippen molar-refractivity contribution in [3.63, 3.8) is 0 Å². The highest BCUT2D eigenvalue weighted by Gasteiger charge is 2.20. The van der Waals surface area contributed by atoms with E-state index in [1.54, 1.807) is 41.1 Å². The molecule has 35 heavy (non-hydrogen) atoms. The summed E-state index contributed by atoms with van der Waals surface area (Å²) in [7, 11) is 0. The van der Waals surface area contributed by atoms with E-state index >= 15 is 0 Å². The highest BCUT2D eigenvalue weighted by atomic mass is 15.0. The Bertz CT molecular complexity index is 1880. The second kappa shape index (κ2) is 7.81. The third-order valence-corrected chi connectivity index (χ3v) is 6.78. The summed E-state index contributed by atoms with van der Waals surface area (Å²) in [5.41, 5.74) is 4.68. The molecule has 2 nitrogen and oxygen atoms in total. The van der Waals surface area contributed by atoms with Crippen molar-refractivity contribution >= 4 is 32.6 Å². The van der Waals surface area contributed by atoms with Gasteiger partial charge >= 0.3 is 0 Å². The fourth-order valence-corrected chi connectivity index (χ4v) is 5.17. The van der Waals surface area contributed by atoms with Gasteiger partial charge in [0.15, 0.2) is 0 Å². The van der Waals surface area contributed by atoms with E-state index in [9.17, 15) is 0 Å². The minimum Gasteiger partial charge on any atom is -0.309 e. The lowest BCUT2D eigenvalue weighted by Gasteiger charge is -2.23. The van der Waals surface area contributed by atoms with E-state index in [0.29, 0.717) is 33.2 Å². The summed E-state index contributed by atoms with van der Waals surface area (Å²) in [5.74, 6) is 0. The Kier molecular flexibility index (Phi) is 3.55. The average Bonchev–Trinajstić information content (AvgIpc) is 3.25. The van der Waals surface area contributed by atoms with E-state index in [1.165, 1.54) is 10.9 Å². The maximum absolute atomic E-state index is 8.30. The first-order valence-corrected chi connectivity index (χ1v) is 11.8. The molecule has 2 heterocycles. The summed E-state index contributed by atoms with van der Waals surface area (Å²) in [6.07, 6.45) is 1.70. The van der Waals surface area contributed by atoms with Crippen LogP contribution >= 0.6 is 0 Å². The summed E-state index contributed by atoms with van der Waals surface area (Å²) < 4.78 is 51.6. The predicted octanol–water partition coefficient (Wildman–Crippen LogP) is 8.91. The van der Waals surface area contributed by atoms with Crippen LogP contribution in [0.1, 0.15) is 45.7 Å². The molecule has 0 fully saturated rings. The monoisotopic (exact) mass is 460 g/mol. The highest BCUT2D eigenvalue weighted by molar-refractivity contribution is 6.11. The number of aryl methyl sites for hydroxylation is 2. The largest absolute Gasteiger partial charge is 0.309 e. The van der Waals surface area contributed by atoms with Gasteiger partial charge in [0.1, 0.15) is 0 Å². The highest BCUT2D eigenvalue weighted by Crippen LogP contribution is 2.37. The van der Waals surface area contributed by atoms with Crippen molar-refractivity contribution in [2.45, 2.75) is 39.9 Å². The molecule has 6 rings (SSSR count). The molecule has 0 amide bonds. The summed E-state index contributed by atoms with van der Waals surface area (Å²) >= 11 is 0. The van der Waals surface area contributed by atoms with Gasteiger partial charge in [-0.1, -0.05) is 81.4 Å². The van der Waals surface area contributed by atoms with Gasteiger partial charge in [-0.25, -0.2) is 0 Å². The van der Waals surface area contributed by atoms with Crippen LogP contribution in [0.2, 0.25) is 0 Å². The molecule has 4 aromatic carbocycles. The van der Waals surface area contributed by atoms with Crippen molar-refractivity contribution in [3.05, 3.63) is 108 Å². The first-order valence-electron chi connectivity index (χ1n) is 14.8. The number of hydrogen-bond acceptors (Lipinski definition) is 1. The maximum Gasteiger partial charge on any atom is 0.0723 e. The number of benzene rings is 4. The number of para-hydroxylation sites is 2. The molecule has 0 saturated carbocycles. The van der Waals surface area contributed by atoms with Gasteiger partial charge in [-0.2, -0.15) is 0 Å². The summed E-state index contributed by atoms with van der Waals surface area (Å²) in [6.45, 7) is 1.76. The zero-order valence-electron chi connectivity index (χ0n) is 26.1. The first-order chi connectivity index (χ1) is 19.2. The molecule has 0 saturated heterocycles. The quantitative estimate of drug-likeness (QED) is 0.252. The topological polar surface area (TPSA) is 17.8 Å². The molecule has 0 aliphatic rings. The molecule has 0 radical (unpaired) electrons. The normalized spacial score (nSPS) is 15.4. The van der Waals surface area contributed by atoms with Crippen molar-refractivity contribution in [2.24, 2.45) is 0 Å². The number of pyridine rings is 1. The van der Waals surface area contributed by atoms with E-state index < -0.39 is 13.7 Å². The van der Waals surface area contributed by atoms with E-state index in [1.807, 2.05) is 30.3 Å². The van der Waals surface area contributed by atoms with Gasteiger partial charge in [0.2, 0.25) is 0 Å².